The molecule has 0 saturated heterocycles. The van der Waals surface area contributed by atoms with Crippen molar-refractivity contribution >= 4 is 29.9 Å². The molecule has 0 radical (unpaired) electrons. The molecule has 0 saturated carbocycles. The number of rotatable bonds is 6. The van der Waals surface area contributed by atoms with E-state index in [1.54, 1.807) is 6.92 Å². The Bertz CT molecular complexity index is 478. The van der Waals surface area contributed by atoms with Gasteiger partial charge in [-0.3, -0.25) is 9.59 Å². The van der Waals surface area contributed by atoms with Gasteiger partial charge in [0.1, 0.15) is 0 Å². The van der Waals surface area contributed by atoms with E-state index in [2.05, 4.69) is 5.32 Å². The maximum Gasteiger partial charge on any atom is 0.244 e. The highest BCUT2D eigenvalue weighted by atomic mass is 35.5. The van der Waals surface area contributed by atoms with Crippen LogP contribution in [0.3, 0.4) is 0 Å². The molecule has 0 aliphatic rings. The van der Waals surface area contributed by atoms with Gasteiger partial charge in [-0.2, -0.15) is 0 Å². The molecule has 1 aromatic carbocycles. The fraction of sp³-hybridized carbons (Fsp3) is 0.467. The summed E-state index contributed by atoms with van der Waals surface area (Å²) in [7, 11) is 0. The van der Waals surface area contributed by atoms with E-state index in [1.807, 2.05) is 38.1 Å². The van der Waals surface area contributed by atoms with Crippen molar-refractivity contribution in [1.82, 2.24) is 4.90 Å². The van der Waals surface area contributed by atoms with E-state index in [0.717, 1.165) is 17.7 Å². The van der Waals surface area contributed by atoms with Crippen LogP contribution in [0.2, 0.25) is 0 Å². The number of nitrogens with two attached hydrogens (primary N) is 1. The lowest BCUT2D eigenvalue weighted by Gasteiger charge is -2.23. The monoisotopic (exact) mass is 313 g/mol. The van der Waals surface area contributed by atoms with Crippen molar-refractivity contribution in [3.05, 3.63) is 29.8 Å². The van der Waals surface area contributed by atoms with Crippen molar-refractivity contribution in [1.29, 1.82) is 0 Å². The zero-order valence-electron chi connectivity index (χ0n) is 12.8. The van der Waals surface area contributed by atoms with Crippen molar-refractivity contribution in [3.8, 4) is 0 Å². The first-order valence-electron chi connectivity index (χ1n) is 6.85. The van der Waals surface area contributed by atoms with Crippen LogP contribution in [0.5, 0.6) is 0 Å². The summed E-state index contributed by atoms with van der Waals surface area (Å²) in [4.78, 5) is 25.4. The molecule has 21 heavy (non-hydrogen) atoms. The largest absolute Gasteiger partial charge is 0.332 e. The standard InChI is InChI=1S/C15H23N3O2.ClH/c1-4-9-18(15(20)12(3)16)10-14(19)17-13-8-6-5-7-11(13)2;/h5-8,12H,4,9-10,16H2,1-3H3,(H,17,19);1H/t12-;/m0./s1. The fourth-order valence-corrected chi connectivity index (χ4v) is 1.90. The molecule has 2 amide bonds. The van der Waals surface area contributed by atoms with Gasteiger partial charge in [0, 0.05) is 12.2 Å². The topological polar surface area (TPSA) is 75.4 Å². The number of halogens is 1. The summed E-state index contributed by atoms with van der Waals surface area (Å²) in [6, 6.07) is 6.94. The number of para-hydroxylation sites is 1. The molecule has 5 nitrogen and oxygen atoms in total. The SMILES string of the molecule is CCCN(CC(=O)Nc1ccccc1C)C(=O)[C@H](C)N.Cl. The summed E-state index contributed by atoms with van der Waals surface area (Å²) < 4.78 is 0. The summed E-state index contributed by atoms with van der Waals surface area (Å²) in [6.45, 7) is 6.07. The van der Waals surface area contributed by atoms with Crippen molar-refractivity contribution in [2.24, 2.45) is 5.73 Å². The smallest absolute Gasteiger partial charge is 0.244 e. The van der Waals surface area contributed by atoms with Gasteiger partial charge in [-0.05, 0) is 31.9 Å². The highest BCUT2D eigenvalue weighted by Gasteiger charge is 2.19. The number of aryl methyl sites for hydroxylation is 1. The maximum atomic E-state index is 12.0. The number of hydrogen-bond acceptors (Lipinski definition) is 3. The van der Waals surface area contributed by atoms with E-state index in [-0.39, 0.29) is 30.8 Å². The quantitative estimate of drug-likeness (QED) is 0.842. The molecule has 118 valence electrons. The number of carbonyl (C=O) groups is 2. The van der Waals surface area contributed by atoms with Gasteiger partial charge >= 0.3 is 0 Å². The highest BCUT2D eigenvalue weighted by Crippen LogP contribution is 2.13. The molecule has 0 spiro atoms. The first kappa shape index (κ1) is 19.4. The molecule has 1 atom stereocenters. The van der Waals surface area contributed by atoms with Crippen molar-refractivity contribution in [2.45, 2.75) is 33.2 Å². The van der Waals surface area contributed by atoms with Gasteiger partial charge in [0.25, 0.3) is 0 Å². The molecule has 0 aliphatic heterocycles. The third-order valence-corrected chi connectivity index (χ3v) is 2.95. The van der Waals surface area contributed by atoms with Crippen molar-refractivity contribution < 1.29 is 9.59 Å². The second kappa shape index (κ2) is 9.37. The van der Waals surface area contributed by atoms with Gasteiger partial charge in [0.2, 0.25) is 11.8 Å². The molecule has 0 aliphatic carbocycles. The van der Waals surface area contributed by atoms with Crippen molar-refractivity contribution in [3.63, 3.8) is 0 Å². The minimum atomic E-state index is -0.590. The Labute approximate surface area is 132 Å². The average Bonchev–Trinajstić information content (AvgIpc) is 2.40. The van der Waals surface area contributed by atoms with Crippen molar-refractivity contribution in [2.75, 3.05) is 18.4 Å². The summed E-state index contributed by atoms with van der Waals surface area (Å²) >= 11 is 0. The molecular weight excluding hydrogens is 290 g/mol. The van der Waals surface area contributed by atoms with Crippen LogP contribution in [0, 0.1) is 6.92 Å². The van der Waals surface area contributed by atoms with Gasteiger partial charge in [-0.1, -0.05) is 25.1 Å². The normalized spacial score (nSPS) is 11.2. The first-order chi connectivity index (χ1) is 9.45. The lowest BCUT2D eigenvalue weighted by molar-refractivity contribution is -0.135. The Morgan fingerprint density at radius 2 is 1.95 bits per heavy atom. The third kappa shape index (κ3) is 6.14. The summed E-state index contributed by atoms with van der Waals surface area (Å²) in [5.74, 6) is -0.409. The maximum absolute atomic E-state index is 12.0. The molecule has 6 heteroatoms. The molecule has 0 unspecified atom stereocenters. The molecule has 0 aromatic heterocycles. The molecule has 1 aromatic rings. The number of benzene rings is 1. The number of nitrogens with zero attached hydrogens (tertiary/aromatic N) is 1. The summed E-state index contributed by atoms with van der Waals surface area (Å²) in [5, 5.41) is 2.82. The van der Waals surface area contributed by atoms with E-state index in [9.17, 15) is 9.59 Å². The zero-order chi connectivity index (χ0) is 15.1. The Hall–Kier alpha value is -1.59. The highest BCUT2D eigenvalue weighted by molar-refractivity contribution is 5.95. The van der Waals surface area contributed by atoms with Crippen LogP contribution in [0.4, 0.5) is 5.69 Å². The van der Waals surface area contributed by atoms with E-state index < -0.39 is 6.04 Å². The van der Waals surface area contributed by atoms with E-state index in [1.165, 1.54) is 4.90 Å². The number of carbonyl (C=O) groups excluding carboxylic acids is 2. The summed E-state index contributed by atoms with van der Waals surface area (Å²) in [5.41, 5.74) is 7.35. The average molecular weight is 314 g/mol. The molecular formula is C15H24ClN3O2. The van der Waals surface area contributed by atoms with Crippen LogP contribution in [0.1, 0.15) is 25.8 Å². The number of nitrogens with one attached hydrogen (secondary N) is 1. The van der Waals surface area contributed by atoms with Crippen LogP contribution in [0.15, 0.2) is 24.3 Å². The second-order valence-electron chi connectivity index (χ2n) is 4.91. The molecule has 0 fully saturated rings. The van der Waals surface area contributed by atoms with Gasteiger partial charge < -0.3 is 16.0 Å². The number of amides is 2. The predicted octanol–water partition coefficient (Wildman–Crippen LogP) is 1.94. The van der Waals surface area contributed by atoms with Crippen LogP contribution < -0.4 is 11.1 Å². The Kier molecular flexibility index (Phi) is 8.66. The predicted molar refractivity (Wildman–Crippen MR) is 87.6 cm³/mol. The minimum absolute atomic E-state index is 0. The van der Waals surface area contributed by atoms with E-state index in [0.29, 0.717) is 6.54 Å². The van der Waals surface area contributed by atoms with E-state index >= 15 is 0 Å². The lowest BCUT2D eigenvalue weighted by Crippen LogP contribution is -2.45. The first-order valence-corrected chi connectivity index (χ1v) is 6.85. The summed E-state index contributed by atoms with van der Waals surface area (Å²) in [6.07, 6.45) is 0.788. The molecule has 0 bridgehead atoms. The Morgan fingerprint density at radius 1 is 1.33 bits per heavy atom. The Morgan fingerprint density at radius 3 is 2.48 bits per heavy atom. The Balaban J connectivity index is 0.00000400. The van der Waals surface area contributed by atoms with Crippen LogP contribution in [-0.4, -0.2) is 35.8 Å². The van der Waals surface area contributed by atoms with Gasteiger partial charge in [-0.25, -0.2) is 0 Å². The number of anilines is 1. The lowest BCUT2D eigenvalue weighted by atomic mass is 10.2. The number of hydrogen-bond donors (Lipinski definition) is 2. The second-order valence-corrected chi connectivity index (χ2v) is 4.91. The van der Waals surface area contributed by atoms with Gasteiger partial charge in [0.05, 0.1) is 12.6 Å². The van der Waals surface area contributed by atoms with Crippen LogP contribution >= 0.6 is 12.4 Å². The molecule has 0 heterocycles. The van der Waals surface area contributed by atoms with Gasteiger partial charge in [-0.15, -0.1) is 12.4 Å². The molecule has 1 rings (SSSR count). The molecule has 3 N–H and O–H groups in total. The zero-order valence-corrected chi connectivity index (χ0v) is 13.6. The minimum Gasteiger partial charge on any atom is -0.332 e. The van der Waals surface area contributed by atoms with Crippen LogP contribution in [0.25, 0.3) is 0 Å². The van der Waals surface area contributed by atoms with Gasteiger partial charge in [0.15, 0.2) is 0 Å². The van der Waals surface area contributed by atoms with E-state index in [4.69, 9.17) is 5.73 Å². The third-order valence-electron chi connectivity index (χ3n) is 2.95. The fourth-order valence-electron chi connectivity index (χ4n) is 1.90. The van der Waals surface area contributed by atoms with Crippen LogP contribution in [-0.2, 0) is 9.59 Å².